The number of aromatic nitrogens is 2. The zero-order valence-corrected chi connectivity index (χ0v) is 12.1. The Morgan fingerprint density at radius 1 is 1.11 bits per heavy atom. The minimum atomic E-state index is 0.386. The van der Waals surface area contributed by atoms with Gasteiger partial charge >= 0.3 is 0 Å². The zero-order chi connectivity index (χ0) is 13.8. The molecule has 3 nitrogen and oxygen atoms in total. The molecule has 1 heterocycles. The van der Waals surface area contributed by atoms with Crippen molar-refractivity contribution in [3.05, 3.63) is 23.5 Å². The highest BCUT2D eigenvalue weighted by Gasteiger charge is 2.06. The molecule has 0 saturated heterocycles. The second-order valence-electron chi connectivity index (χ2n) is 4.50. The van der Waals surface area contributed by atoms with Crippen molar-refractivity contribution in [1.82, 2.24) is 10.2 Å². The van der Waals surface area contributed by atoms with Gasteiger partial charge in [0, 0.05) is 5.92 Å². The fraction of sp³-hybridized carbons (Fsp3) is 0.667. The molecule has 18 heavy (non-hydrogen) atoms. The van der Waals surface area contributed by atoms with Crippen LogP contribution in [0.3, 0.4) is 0 Å². The summed E-state index contributed by atoms with van der Waals surface area (Å²) in [7, 11) is 0. The summed E-state index contributed by atoms with van der Waals surface area (Å²) in [6, 6.07) is 5.58. The molecule has 100 valence electrons. The van der Waals surface area contributed by atoms with Gasteiger partial charge in [0.1, 0.15) is 6.07 Å². The highest BCUT2D eigenvalue weighted by Crippen LogP contribution is 2.18. The second kappa shape index (κ2) is 10.7. The van der Waals surface area contributed by atoms with Crippen molar-refractivity contribution in [1.29, 1.82) is 5.26 Å². The largest absolute Gasteiger partial charge is 0.191 e. The van der Waals surface area contributed by atoms with Crippen LogP contribution in [-0.2, 0) is 0 Å². The predicted octanol–water partition coefficient (Wildman–Crippen LogP) is 4.45. The van der Waals surface area contributed by atoms with Crippen LogP contribution in [0.15, 0.2) is 12.1 Å². The first-order valence-corrected chi connectivity index (χ1v) is 6.93. The van der Waals surface area contributed by atoms with Crippen LogP contribution in [-0.4, -0.2) is 10.2 Å². The quantitative estimate of drug-likeness (QED) is 0.772. The molecular weight excluding hydrogens is 222 g/mol. The lowest BCUT2D eigenvalue weighted by molar-refractivity contribution is 0.603. The molecule has 0 bridgehead atoms. The van der Waals surface area contributed by atoms with Crippen LogP contribution in [0, 0.1) is 11.3 Å². The van der Waals surface area contributed by atoms with Gasteiger partial charge in [-0.15, -0.1) is 5.10 Å². The number of rotatable bonds is 5. The van der Waals surface area contributed by atoms with Crippen LogP contribution in [0.5, 0.6) is 0 Å². The lowest BCUT2D eigenvalue weighted by atomic mass is 10.0. The monoisotopic (exact) mass is 247 g/mol. The van der Waals surface area contributed by atoms with Crippen molar-refractivity contribution in [2.45, 2.75) is 65.7 Å². The molecule has 1 unspecified atom stereocenters. The Hall–Kier alpha value is -1.43. The van der Waals surface area contributed by atoms with Gasteiger partial charge in [0.05, 0.1) is 5.69 Å². The van der Waals surface area contributed by atoms with Crippen molar-refractivity contribution in [2.24, 2.45) is 0 Å². The first-order chi connectivity index (χ1) is 8.69. The van der Waals surface area contributed by atoms with Gasteiger partial charge in [-0.3, -0.25) is 0 Å². The summed E-state index contributed by atoms with van der Waals surface area (Å²) in [5.74, 6) is 0.440. The molecule has 1 aromatic rings. The molecule has 0 radical (unpaired) electrons. The Kier molecular flexibility index (Phi) is 9.86. The fourth-order valence-electron chi connectivity index (χ4n) is 1.32. The summed E-state index contributed by atoms with van der Waals surface area (Å²) in [5, 5.41) is 16.4. The summed E-state index contributed by atoms with van der Waals surface area (Å²) in [4.78, 5) is 0. The van der Waals surface area contributed by atoms with Crippen LogP contribution in [0.4, 0.5) is 0 Å². The van der Waals surface area contributed by atoms with Gasteiger partial charge in [-0.05, 0) is 18.6 Å². The molecule has 1 aromatic heterocycles. The standard InChI is InChI=1S/C11H15N3.C4H10/c1-3-4-5-9(2)11-7-6-10(8-12)13-14-11;1-3-4-2/h6-7,9H,3-5H2,1-2H3;3-4H2,1-2H3. The number of nitrogens with zero attached hydrogens (tertiary/aromatic N) is 3. The summed E-state index contributed by atoms with van der Waals surface area (Å²) >= 11 is 0. The van der Waals surface area contributed by atoms with Crippen molar-refractivity contribution in [3.8, 4) is 6.07 Å². The van der Waals surface area contributed by atoms with E-state index in [9.17, 15) is 0 Å². The lowest BCUT2D eigenvalue weighted by Gasteiger charge is -2.08. The zero-order valence-electron chi connectivity index (χ0n) is 12.1. The van der Waals surface area contributed by atoms with Crippen molar-refractivity contribution >= 4 is 0 Å². The molecule has 0 aromatic carbocycles. The van der Waals surface area contributed by atoms with E-state index in [1.54, 1.807) is 6.07 Å². The number of hydrogen-bond acceptors (Lipinski definition) is 3. The summed E-state index contributed by atoms with van der Waals surface area (Å²) in [6.07, 6.45) is 6.19. The molecule has 3 heteroatoms. The van der Waals surface area contributed by atoms with E-state index in [1.807, 2.05) is 12.1 Å². The first-order valence-electron chi connectivity index (χ1n) is 6.93. The molecule has 0 aliphatic rings. The van der Waals surface area contributed by atoms with Crippen molar-refractivity contribution in [3.63, 3.8) is 0 Å². The van der Waals surface area contributed by atoms with Crippen LogP contribution in [0.25, 0.3) is 0 Å². The lowest BCUT2D eigenvalue weighted by Crippen LogP contribution is -1.99. The van der Waals surface area contributed by atoms with E-state index in [0.29, 0.717) is 11.6 Å². The van der Waals surface area contributed by atoms with Gasteiger partial charge in [-0.25, -0.2) is 0 Å². The van der Waals surface area contributed by atoms with Gasteiger partial charge in [-0.1, -0.05) is 53.4 Å². The van der Waals surface area contributed by atoms with Gasteiger partial charge in [0.15, 0.2) is 5.69 Å². The molecule has 1 rings (SSSR count). The van der Waals surface area contributed by atoms with Crippen LogP contribution in [0.2, 0.25) is 0 Å². The van der Waals surface area contributed by atoms with E-state index in [-0.39, 0.29) is 0 Å². The fourth-order valence-corrected chi connectivity index (χ4v) is 1.32. The number of hydrogen-bond donors (Lipinski definition) is 0. The third kappa shape index (κ3) is 7.01. The molecule has 0 saturated carbocycles. The number of nitriles is 1. The first kappa shape index (κ1) is 16.6. The Morgan fingerprint density at radius 3 is 2.17 bits per heavy atom. The predicted molar refractivity (Wildman–Crippen MR) is 75.3 cm³/mol. The highest BCUT2D eigenvalue weighted by molar-refractivity contribution is 5.20. The Balaban J connectivity index is 0.000000631. The summed E-state index contributed by atoms with van der Waals surface area (Å²) < 4.78 is 0. The Bertz CT molecular complexity index is 336. The smallest absolute Gasteiger partial charge is 0.163 e. The normalized spacial score (nSPS) is 11.1. The molecule has 0 N–H and O–H groups in total. The molecule has 0 fully saturated rings. The van der Waals surface area contributed by atoms with E-state index < -0.39 is 0 Å². The minimum Gasteiger partial charge on any atom is -0.191 e. The average Bonchev–Trinajstić information content (AvgIpc) is 2.45. The summed E-state index contributed by atoms with van der Waals surface area (Å²) in [6.45, 7) is 8.68. The van der Waals surface area contributed by atoms with Gasteiger partial charge < -0.3 is 0 Å². The molecule has 0 aliphatic carbocycles. The van der Waals surface area contributed by atoms with E-state index in [2.05, 4.69) is 37.9 Å². The van der Waals surface area contributed by atoms with Crippen molar-refractivity contribution in [2.75, 3.05) is 0 Å². The maximum atomic E-state index is 8.56. The van der Waals surface area contributed by atoms with Gasteiger partial charge in [-0.2, -0.15) is 10.4 Å². The maximum Gasteiger partial charge on any atom is 0.163 e. The molecule has 0 amide bonds. The highest BCUT2D eigenvalue weighted by atomic mass is 15.1. The molecule has 0 aliphatic heterocycles. The van der Waals surface area contributed by atoms with Gasteiger partial charge in [0.2, 0.25) is 0 Å². The van der Waals surface area contributed by atoms with E-state index in [1.165, 1.54) is 25.7 Å². The van der Waals surface area contributed by atoms with Crippen LogP contribution < -0.4 is 0 Å². The van der Waals surface area contributed by atoms with Crippen LogP contribution >= 0.6 is 0 Å². The minimum absolute atomic E-state index is 0.386. The van der Waals surface area contributed by atoms with E-state index >= 15 is 0 Å². The number of unbranched alkanes of at least 4 members (excludes halogenated alkanes) is 2. The third-order valence-corrected chi connectivity index (χ3v) is 2.80. The van der Waals surface area contributed by atoms with Crippen molar-refractivity contribution < 1.29 is 0 Å². The third-order valence-electron chi connectivity index (χ3n) is 2.80. The van der Waals surface area contributed by atoms with E-state index in [4.69, 9.17) is 5.26 Å². The average molecular weight is 247 g/mol. The molecule has 0 spiro atoms. The topological polar surface area (TPSA) is 49.6 Å². The second-order valence-corrected chi connectivity index (χ2v) is 4.50. The summed E-state index contributed by atoms with van der Waals surface area (Å²) in [5.41, 5.74) is 1.37. The SMILES string of the molecule is CCCC.CCCCC(C)c1ccc(C#N)nn1. The molecule has 1 atom stereocenters. The van der Waals surface area contributed by atoms with Crippen LogP contribution in [0.1, 0.15) is 77.1 Å². The Labute approximate surface area is 111 Å². The molecular formula is C15H25N3. The van der Waals surface area contributed by atoms with E-state index in [0.717, 1.165) is 12.1 Å². The van der Waals surface area contributed by atoms with Gasteiger partial charge in [0.25, 0.3) is 0 Å². The maximum absolute atomic E-state index is 8.56. The Morgan fingerprint density at radius 2 is 1.78 bits per heavy atom.